The van der Waals surface area contributed by atoms with Crippen molar-refractivity contribution in [3.8, 4) is 0 Å². The minimum atomic E-state index is 0.583. The Morgan fingerprint density at radius 2 is 2.30 bits per heavy atom. The molecule has 0 saturated carbocycles. The highest BCUT2D eigenvalue weighted by atomic mass is 32.2. The van der Waals surface area contributed by atoms with E-state index in [1.165, 1.54) is 5.57 Å². The molecule has 0 saturated heterocycles. The number of hydrogen-bond donors (Lipinski definition) is 0. The van der Waals surface area contributed by atoms with Gasteiger partial charge in [0.2, 0.25) is 0 Å². The second kappa shape index (κ2) is 3.54. The lowest BCUT2D eigenvalue weighted by atomic mass is 10.4. The maximum absolute atomic E-state index is 3.94. The van der Waals surface area contributed by atoms with Crippen LogP contribution in [0.4, 0.5) is 0 Å². The molecule has 1 rings (SSSR count). The molecule has 10 heavy (non-hydrogen) atoms. The van der Waals surface area contributed by atoms with Gasteiger partial charge in [-0.1, -0.05) is 18.2 Å². The first-order valence-corrected chi connectivity index (χ1v) is 5.21. The fourth-order valence-corrected chi connectivity index (χ4v) is 3.30. The number of thioether (sulfide) groups is 2. The van der Waals surface area contributed by atoms with Crippen LogP contribution in [-0.4, -0.2) is 9.83 Å². The maximum atomic E-state index is 3.94. The van der Waals surface area contributed by atoms with E-state index in [0.717, 1.165) is 0 Å². The van der Waals surface area contributed by atoms with Gasteiger partial charge in [0, 0.05) is 5.25 Å². The molecule has 1 aliphatic heterocycles. The van der Waals surface area contributed by atoms with Crippen LogP contribution >= 0.6 is 23.5 Å². The average molecular weight is 172 g/mol. The van der Waals surface area contributed by atoms with Crippen molar-refractivity contribution in [2.75, 3.05) is 0 Å². The first-order valence-electron chi connectivity index (χ1n) is 3.33. The van der Waals surface area contributed by atoms with Crippen molar-refractivity contribution >= 4 is 23.5 Å². The Balaban J connectivity index is 2.52. The monoisotopic (exact) mass is 172 g/mol. The second-order valence-corrected chi connectivity index (χ2v) is 5.29. The Morgan fingerprint density at radius 3 is 2.70 bits per heavy atom. The van der Waals surface area contributed by atoms with Crippen molar-refractivity contribution < 1.29 is 0 Å². The van der Waals surface area contributed by atoms with E-state index in [-0.39, 0.29) is 0 Å². The summed E-state index contributed by atoms with van der Waals surface area (Å²) < 4.78 is 0.583. The molecule has 1 aliphatic rings. The summed E-state index contributed by atoms with van der Waals surface area (Å²) in [6.45, 7) is 8.25. The van der Waals surface area contributed by atoms with Crippen LogP contribution in [0.3, 0.4) is 0 Å². The highest BCUT2D eigenvalue weighted by Gasteiger charge is 2.15. The molecular formula is C8H12S2. The van der Waals surface area contributed by atoms with E-state index in [1.807, 2.05) is 23.5 Å². The van der Waals surface area contributed by atoms with Gasteiger partial charge in [-0.25, -0.2) is 0 Å². The summed E-state index contributed by atoms with van der Waals surface area (Å²) in [5.41, 5.74) is 1.27. The van der Waals surface area contributed by atoms with Gasteiger partial charge in [0.1, 0.15) is 0 Å². The van der Waals surface area contributed by atoms with Crippen LogP contribution in [0.25, 0.3) is 0 Å². The van der Waals surface area contributed by atoms with Crippen LogP contribution in [0.15, 0.2) is 23.6 Å². The lowest BCUT2D eigenvalue weighted by Gasteiger charge is -2.20. The van der Waals surface area contributed by atoms with Crippen LogP contribution in [0, 0.1) is 0 Å². The molecule has 0 spiro atoms. The van der Waals surface area contributed by atoms with E-state index in [0.29, 0.717) is 9.83 Å². The van der Waals surface area contributed by atoms with Crippen LogP contribution in [0.5, 0.6) is 0 Å². The van der Waals surface area contributed by atoms with E-state index in [2.05, 4.69) is 31.9 Å². The van der Waals surface area contributed by atoms with Crippen LogP contribution in [0.2, 0.25) is 0 Å². The molecule has 0 bridgehead atoms. The molecule has 0 aromatic rings. The average Bonchev–Trinajstić information content (AvgIpc) is 1.88. The zero-order chi connectivity index (χ0) is 7.56. The summed E-state index contributed by atoms with van der Waals surface area (Å²) in [5.74, 6) is 0. The van der Waals surface area contributed by atoms with E-state index < -0.39 is 0 Å². The molecule has 56 valence electrons. The third-order valence-electron chi connectivity index (χ3n) is 1.29. The Hall–Kier alpha value is 0.180. The van der Waals surface area contributed by atoms with Crippen molar-refractivity contribution in [1.82, 2.24) is 0 Å². The second-order valence-electron chi connectivity index (χ2n) is 2.48. The zero-order valence-corrected chi connectivity index (χ0v) is 7.97. The molecule has 0 N–H and O–H groups in total. The predicted molar refractivity (Wildman–Crippen MR) is 52.4 cm³/mol. The molecule has 0 nitrogen and oxygen atoms in total. The minimum Gasteiger partial charge on any atom is -0.135 e. The molecule has 2 heteroatoms. The van der Waals surface area contributed by atoms with Crippen molar-refractivity contribution in [3.05, 3.63) is 23.6 Å². The fraction of sp³-hybridized carbons (Fsp3) is 0.500. The largest absolute Gasteiger partial charge is 0.135 e. The number of hydrogen-bond acceptors (Lipinski definition) is 2. The van der Waals surface area contributed by atoms with Crippen molar-refractivity contribution in [2.24, 2.45) is 0 Å². The Labute approximate surface area is 71.2 Å². The third kappa shape index (κ3) is 2.10. The Kier molecular flexibility index (Phi) is 2.93. The van der Waals surface area contributed by atoms with Crippen LogP contribution < -0.4 is 0 Å². The summed E-state index contributed by atoms with van der Waals surface area (Å²) in [4.78, 5) is 0. The van der Waals surface area contributed by atoms with Gasteiger partial charge >= 0.3 is 0 Å². The quantitative estimate of drug-likeness (QED) is 0.557. The van der Waals surface area contributed by atoms with E-state index in [1.54, 1.807) is 0 Å². The normalized spacial score (nSPS) is 32.2. The van der Waals surface area contributed by atoms with Gasteiger partial charge in [-0.05, 0) is 19.3 Å². The lowest BCUT2D eigenvalue weighted by Crippen LogP contribution is -2.06. The Bertz CT molecular complexity index is 161. The van der Waals surface area contributed by atoms with Gasteiger partial charge in [0.15, 0.2) is 0 Å². The minimum absolute atomic E-state index is 0.583. The summed E-state index contributed by atoms with van der Waals surface area (Å²) >= 11 is 3.83. The fourth-order valence-electron chi connectivity index (χ4n) is 0.732. The standard InChI is InChI=1S/C8H12S2/c1-6(2)8-9-5-4-7(3)10-8/h4-5,7-8H,1H2,2-3H3. The zero-order valence-electron chi connectivity index (χ0n) is 6.33. The Morgan fingerprint density at radius 1 is 1.60 bits per heavy atom. The van der Waals surface area contributed by atoms with Crippen molar-refractivity contribution in [2.45, 2.75) is 23.7 Å². The van der Waals surface area contributed by atoms with Gasteiger partial charge in [-0.15, -0.1) is 23.5 Å². The molecular weight excluding hydrogens is 160 g/mol. The van der Waals surface area contributed by atoms with Gasteiger partial charge in [0.05, 0.1) is 4.58 Å². The first kappa shape index (κ1) is 8.28. The lowest BCUT2D eigenvalue weighted by molar-refractivity contribution is 1.22. The summed E-state index contributed by atoms with van der Waals surface area (Å²) in [7, 11) is 0. The molecule has 0 aromatic carbocycles. The maximum Gasteiger partial charge on any atom is 0.0753 e. The number of rotatable bonds is 1. The van der Waals surface area contributed by atoms with Gasteiger partial charge in [0.25, 0.3) is 0 Å². The van der Waals surface area contributed by atoms with Gasteiger partial charge in [-0.3, -0.25) is 0 Å². The molecule has 2 unspecified atom stereocenters. The van der Waals surface area contributed by atoms with E-state index in [4.69, 9.17) is 0 Å². The molecule has 2 atom stereocenters. The molecule has 1 heterocycles. The molecule has 0 amide bonds. The first-order chi connectivity index (χ1) is 4.70. The third-order valence-corrected chi connectivity index (χ3v) is 4.16. The SMILES string of the molecule is C=C(C)C1SC=CC(C)S1. The smallest absolute Gasteiger partial charge is 0.0753 e. The summed E-state index contributed by atoms with van der Waals surface area (Å²) in [5, 5.41) is 2.84. The van der Waals surface area contributed by atoms with Crippen LogP contribution in [0.1, 0.15) is 13.8 Å². The summed E-state index contributed by atoms with van der Waals surface area (Å²) in [6, 6.07) is 0. The van der Waals surface area contributed by atoms with Crippen molar-refractivity contribution in [1.29, 1.82) is 0 Å². The van der Waals surface area contributed by atoms with E-state index in [9.17, 15) is 0 Å². The molecule has 0 aromatic heterocycles. The van der Waals surface area contributed by atoms with Crippen molar-refractivity contribution in [3.63, 3.8) is 0 Å². The highest BCUT2D eigenvalue weighted by Crippen LogP contribution is 2.37. The van der Waals surface area contributed by atoms with Gasteiger partial charge in [-0.2, -0.15) is 0 Å². The molecule has 0 fully saturated rings. The predicted octanol–water partition coefficient (Wildman–Crippen LogP) is 3.27. The molecule has 0 aliphatic carbocycles. The van der Waals surface area contributed by atoms with Crippen LogP contribution in [-0.2, 0) is 0 Å². The summed E-state index contributed by atoms with van der Waals surface area (Å²) in [6.07, 6.45) is 2.23. The van der Waals surface area contributed by atoms with Gasteiger partial charge < -0.3 is 0 Å². The molecule has 0 radical (unpaired) electrons. The van der Waals surface area contributed by atoms with E-state index >= 15 is 0 Å². The highest BCUT2D eigenvalue weighted by molar-refractivity contribution is 8.19. The topological polar surface area (TPSA) is 0 Å².